The number of hydrogen-bond acceptors (Lipinski definition) is 5. The summed E-state index contributed by atoms with van der Waals surface area (Å²) in [6, 6.07) is 8.66. The molecular formula is C11H7BrN4O. The van der Waals surface area contributed by atoms with Crippen molar-refractivity contribution < 1.29 is 4.74 Å². The maximum absolute atomic E-state index is 8.69. The predicted octanol–water partition coefficient (Wildman–Crippen LogP) is 2.49. The van der Waals surface area contributed by atoms with Crippen LogP contribution in [0.1, 0.15) is 5.69 Å². The van der Waals surface area contributed by atoms with Gasteiger partial charge in [-0.25, -0.2) is 4.98 Å². The van der Waals surface area contributed by atoms with Gasteiger partial charge >= 0.3 is 6.01 Å². The van der Waals surface area contributed by atoms with Crippen LogP contribution in [0, 0.1) is 11.3 Å². The third-order valence-electron chi connectivity index (χ3n) is 1.85. The molecule has 1 aromatic carbocycles. The second-order valence-corrected chi connectivity index (χ2v) is 4.07. The molecule has 5 nitrogen and oxygen atoms in total. The van der Waals surface area contributed by atoms with Crippen molar-refractivity contribution in [2.45, 2.75) is 0 Å². The van der Waals surface area contributed by atoms with Crippen molar-refractivity contribution in [1.29, 1.82) is 5.26 Å². The average molecular weight is 291 g/mol. The van der Waals surface area contributed by atoms with Gasteiger partial charge in [-0.05, 0) is 18.2 Å². The first-order valence-electron chi connectivity index (χ1n) is 4.64. The predicted molar refractivity (Wildman–Crippen MR) is 65.4 cm³/mol. The molecule has 0 spiro atoms. The molecule has 0 amide bonds. The SMILES string of the molecule is N#Cc1ccnc(Oc2cc(N)cc(Br)c2)n1. The van der Waals surface area contributed by atoms with E-state index >= 15 is 0 Å². The number of nitrogens with two attached hydrogens (primary N) is 1. The van der Waals surface area contributed by atoms with Crippen LogP contribution in [0.5, 0.6) is 11.8 Å². The largest absolute Gasteiger partial charge is 0.424 e. The van der Waals surface area contributed by atoms with Gasteiger partial charge < -0.3 is 10.5 Å². The fourth-order valence-corrected chi connectivity index (χ4v) is 1.69. The van der Waals surface area contributed by atoms with Crippen LogP contribution in [0.25, 0.3) is 0 Å². The number of halogens is 1. The van der Waals surface area contributed by atoms with E-state index in [0.717, 1.165) is 4.47 Å². The highest BCUT2D eigenvalue weighted by Crippen LogP contribution is 2.25. The molecule has 17 heavy (non-hydrogen) atoms. The second kappa shape index (κ2) is 4.80. The molecule has 0 saturated heterocycles. The molecule has 0 atom stereocenters. The number of aromatic nitrogens is 2. The zero-order valence-electron chi connectivity index (χ0n) is 8.59. The van der Waals surface area contributed by atoms with Crippen LogP contribution in [0.3, 0.4) is 0 Å². The van der Waals surface area contributed by atoms with Gasteiger partial charge in [0.1, 0.15) is 17.5 Å². The molecule has 6 heteroatoms. The van der Waals surface area contributed by atoms with Gasteiger partial charge in [0.05, 0.1) is 0 Å². The Morgan fingerprint density at radius 2 is 2.18 bits per heavy atom. The monoisotopic (exact) mass is 290 g/mol. The summed E-state index contributed by atoms with van der Waals surface area (Å²) in [4.78, 5) is 7.80. The van der Waals surface area contributed by atoms with Crippen LogP contribution in [-0.2, 0) is 0 Å². The van der Waals surface area contributed by atoms with Crippen LogP contribution in [0.15, 0.2) is 34.9 Å². The Morgan fingerprint density at radius 3 is 2.88 bits per heavy atom. The molecule has 1 heterocycles. The first-order valence-corrected chi connectivity index (χ1v) is 5.44. The quantitative estimate of drug-likeness (QED) is 0.859. The fourth-order valence-electron chi connectivity index (χ4n) is 1.20. The van der Waals surface area contributed by atoms with Crippen LogP contribution in [-0.4, -0.2) is 9.97 Å². The van der Waals surface area contributed by atoms with Crippen LogP contribution in [0.2, 0.25) is 0 Å². The Bertz CT molecular complexity index is 574. The minimum Gasteiger partial charge on any atom is -0.424 e. The van der Waals surface area contributed by atoms with E-state index in [0.29, 0.717) is 11.4 Å². The lowest BCUT2D eigenvalue weighted by Crippen LogP contribution is -1.94. The summed E-state index contributed by atoms with van der Waals surface area (Å²) in [5.41, 5.74) is 6.48. The maximum Gasteiger partial charge on any atom is 0.323 e. The Labute approximate surface area is 106 Å². The Hall–Kier alpha value is -2.13. The summed E-state index contributed by atoms with van der Waals surface area (Å²) >= 11 is 3.30. The third kappa shape index (κ3) is 2.92. The van der Waals surface area contributed by atoms with Crippen LogP contribution >= 0.6 is 15.9 Å². The van der Waals surface area contributed by atoms with Crippen molar-refractivity contribution in [2.24, 2.45) is 0 Å². The van der Waals surface area contributed by atoms with E-state index in [9.17, 15) is 0 Å². The Kier molecular flexibility index (Phi) is 3.21. The maximum atomic E-state index is 8.69. The zero-order valence-corrected chi connectivity index (χ0v) is 10.2. The van der Waals surface area contributed by atoms with Gasteiger partial charge in [0.2, 0.25) is 0 Å². The molecule has 0 radical (unpaired) electrons. The molecule has 0 aliphatic heterocycles. The number of hydrogen-bond donors (Lipinski definition) is 1. The van der Waals surface area contributed by atoms with Crippen molar-refractivity contribution in [3.8, 4) is 17.8 Å². The lowest BCUT2D eigenvalue weighted by molar-refractivity contribution is 0.441. The molecule has 84 valence electrons. The van der Waals surface area contributed by atoms with Gasteiger partial charge in [-0.2, -0.15) is 10.2 Å². The molecule has 0 unspecified atom stereocenters. The zero-order chi connectivity index (χ0) is 12.3. The normalized spacial score (nSPS) is 9.65. The van der Waals surface area contributed by atoms with Crippen LogP contribution in [0.4, 0.5) is 5.69 Å². The van der Waals surface area contributed by atoms with E-state index < -0.39 is 0 Å². The van der Waals surface area contributed by atoms with Crippen molar-refractivity contribution in [3.63, 3.8) is 0 Å². The molecule has 0 saturated carbocycles. The molecule has 2 aromatic rings. The average Bonchev–Trinajstić information content (AvgIpc) is 2.28. The van der Waals surface area contributed by atoms with Crippen molar-refractivity contribution in [3.05, 3.63) is 40.6 Å². The summed E-state index contributed by atoms with van der Waals surface area (Å²) in [7, 11) is 0. The number of ether oxygens (including phenoxy) is 1. The lowest BCUT2D eigenvalue weighted by Gasteiger charge is -2.05. The number of anilines is 1. The summed E-state index contributed by atoms with van der Waals surface area (Å²) in [5, 5.41) is 8.69. The molecule has 1 aromatic heterocycles. The molecule has 0 aliphatic rings. The minimum atomic E-state index is 0.113. The number of nitriles is 1. The van der Waals surface area contributed by atoms with Crippen molar-refractivity contribution in [1.82, 2.24) is 9.97 Å². The summed E-state index contributed by atoms with van der Waals surface area (Å²) in [6.45, 7) is 0. The fraction of sp³-hybridized carbons (Fsp3) is 0. The highest BCUT2D eigenvalue weighted by molar-refractivity contribution is 9.10. The summed E-state index contributed by atoms with van der Waals surface area (Å²) < 4.78 is 6.19. The van der Waals surface area contributed by atoms with Gasteiger partial charge in [0.25, 0.3) is 0 Å². The first-order chi connectivity index (χ1) is 8.17. The highest BCUT2D eigenvalue weighted by atomic mass is 79.9. The standard InChI is InChI=1S/C11H7BrN4O/c12-7-3-8(14)5-10(4-7)17-11-15-2-1-9(6-13)16-11/h1-5H,14H2. The number of nitrogen functional groups attached to an aromatic ring is 1. The van der Waals surface area contributed by atoms with E-state index in [4.69, 9.17) is 15.7 Å². The Balaban J connectivity index is 2.28. The van der Waals surface area contributed by atoms with E-state index in [-0.39, 0.29) is 11.7 Å². The first kappa shape index (κ1) is 11.4. The van der Waals surface area contributed by atoms with Gasteiger partial charge in [-0.15, -0.1) is 0 Å². The lowest BCUT2D eigenvalue weighted by atomic mass is 10.3. The number of benzene rings is 1. The molecule has 2 N–H and O–H groups in total. The van der Waals surface area contributed by atoms with Gasteiger partial charge in [-0.1, -0.05) is 15.9 Å². The highest BCUT2D eigenvalue weighted by Gasteiger charge is 2.03. The van der Waals surface area contributed by atoms with Gasteiger partial charge in [0.15, 0.2) is 0 Å². The van der Waals surface area contributed by atoms with Gasteiger partial charge in [-0.3, -0.25) is 0 Å². The summed E-state index contributed by atoms with van der Waals surface area (Å²) in [5.74, 6) is 0.506. The van der Waals surface area contributed by atoms with E-state index in [2.05, 4.69) is 25.9 Å². The van der Waals surface area contributed by atoms with Gasteiger partial charge in [0, 0.05) is 22.4 Å². The number of rotatable bonds is 2. The van der Waals surface area contributed by atoms with Crippen molar-refractivity contribution in [2.75, 3.05) is 5.73 Å². The molecule has 0 aliphatic carbocycles. The topological polar surface area (TPSA) is 84.8 Å². The van der Waals surface area contributed by atoms with Crippen LogP contribution < -0.4 is 10.5 Å². The second-order valence-electron chi connectivity index (χ2n) is 3.16. The molecule has 0 bridgehead atoms. The van der Waals surface area contributed by atoms with E-state index in [1.54, 1.807) is 18.2 Å². The van der Waals surface area contributed by atoms with E-state index in [1.165, 1.54) is 12.3 Å². The smallest absolute Gasteiger partial charge is 0.323 e. The molecule has 0 fully saturated rings. The third-order valence-corrected chi connectivity index (χ3v) is 2.31. The number of nitrogens with zero attached hydrogens (tertiary/aromatic N) is 3. The summed E-state index contributed by atoms with van der Waals surface area (Å²) in [6.07, 6.45) is 1.46. The minimum absolute atomic E-state index is 0.113. The van der Waals surface area contributed by atoms with Crippen molar-refractivity contribution >= 4 is 21.6 Å². The molecule has 2 rings (SSSR count). The molecular weight excluding hydrogens is 284 g/mol. The van der Waals surface area contributed by atoms with E-state index in [1.807, 2.05) is 6.07 Å². The Morgan fingerprint density at radius 1 is 1.35 bits per heavy atom.